The van der Waals surface area contributed by atoms with Crippen LogP contribution in [0.2, 0.25) is 0 Å². The summed E-state index contributed by atoms with van der Waals surface area (Å²) in [6, 6.07) is 66.6. The largest absolute Gasteiger partial charge is 0.0622 e. The molecule has 2 aliphatic rings. The Morgan fingerprint density at radius 2 is 0.514 bits per heavy atom. The highest BCUT2D eigenvalue weighted by atomic mass is 14.4. The van der Waals surface area contributed by atoms with Crippen LogP contribution in [0.15, 0.2) is 170 Å². The van der Waals surface area contributed by atoms with Crippen molar-refractivity contribution >= 4 is 108 Å². The monoisotopic (exact) mass is 912 g/mol. The molecule has 72 heavy (non-hydrogen) atoms. The van der Waals surface area contributed by atoms with Crippen molar-refractivity contribution in [2.24, 2.45) is 0 Å². The SMILES string of the molecule is CCc1ccc(CC)c2c1-c1ccc3c4ccc5c6c(-c7ccccc7)c7c8ccc9c%10c(ccc(c7c(-c7ccccc7)c6c6ccc(c7ccc-2c1c37)c4c56)c%108)-c1c-9c(CC)c2ccccc2c1CC. The Bertz CT molecular complexity index is 4620. The maximum atomic E-state index is 2.51. The van der Waals surface area contributed by atoms with Crippen molar-refractivity contribution in [3.63, 3.8) is 0 Å². The van der Waals surface area contributed by atoms with E-state index in [-0.39, 0.29) is 0 Å². The van der Waals surface area contributed by atoms with Crippen molar-refractivity contribution in [3.05, 3.63) is 192 Å². The van der Waals surface area contributed by atoms with Gasteiger partial charge < -0.3 is 0 Å². The fourth-order valence-corrected chi connectivity index (χ4v) is 15.5. The minimum atomic E-state index is 0.991. The molecule has 0 fully saturated rings. The first-order valence-electron chi connectivity index (χ1n) is 26.5. The number of fused-ring (bicyclic) bond motifs is 15. The van der Waals surface area contributed by atoms with Gasteiger partial charge in [-0.3, -0.25) is 0 Å². The zero-order valence-corrected chi connectivity index (χ0v) is 41.0. The third-order valence-corrected chi connectivity index (χ3v) is 18.1. The summed E-state index contributed by atoms with van der Waals surface area (Å²) in [5, 5.41) is 27.6. The topological polar surface area (TPSA) is 0 Å². The molecule has 336 valence electrons. The van der Waals surface area contributed by atoms with E-state index in [0.717, 1.165) is 25.7 Å². The van der Waals surface area contributed by atoms with Gasteiger partial charge in [-0.15, -0.1) is 0 Å². The summed E-state index contributed by atoms with van der Waals surface area (Å²) in [5.74, 6) is 0. The maximum Gasteiger partial charge on any atom is -0.000717 e. The average Bonchev–Trinajstić information content (AvgIpc) is 4.17. The molecule has 0 unspecified atom stereocenters. The molecule has 0 spiro atoms. The van der Waals surface area contributed by atoms with Gasteiger partial charge in [-0.05, 0) is 222 Å². The Labute approximate surface area is 417 Å². The molecule has 0 N–H and O–H groups in total. The van der Waals surface area contributed by atoms with Crippen molar-refractivity contribution in [1.29, 1.82) is 0 Å². The smallest absolute Gasteiger partial charge is 0.000717 e. The Hall–Kier alpha value is -8.32. The summed E-state index contributed by atoms with van der Waals surface area (Å²) in [5.41, 5.74) is 22.5. The maximum absolute atomic E-state index is 2.51. The summed E-state index contributed by atoms with van der Waals surface area (Å²) in [6.45, 7) is 9.32. The van der Waals surface area contributed by atoms with E-state index in [4.69, 9.17) is 0 Å². The van der Waals surface area contributed by atoms with Crippen LogP contribution in [0, 0.1) is 0 Å². The van der Waals surface area contributed by atoms with Gasteiger partial charge in [0.05, 0.1) is 0 Å². The molecule has 0 aromatic heterocycles. The number of hydrogen-bond donors (Lipinski definition) is 0. The quantitative estimate of drug-likeness (QED) is 0.115. The van der Waals surface area contributed by atoms with E-state index in [2.05, 4.69) is 198 Å². The predicted molar refractivity (Wildman–Crippen MR) is 312 cm³/mol. The van der Waals surface area contributed by atoms with Gasteiger partial charge >= 0.3 is 0 Å². The van der Waals surface area contributed by atoms with Crippen molar-refractivity contribution in [1.82, 2.24) is 0 Å². The van der Waals surface area contributed by atoms with E-state index < -0.39 is 0 Å². The van der Waals surface area contributed by atoms with Crippen molar-refractivity contribution < 1.29 is 0 Å². The van der Waals surface area contributed by atoms with E-state index in [1.54, 1.807) is 0 Å². The molecule has 2 aliphatic carbocycles. The summed E-state index contributed by atoms with van der Waals surface area (Å²) in [4.78, 5) is 0. The lowest BCUT2D eigenvalue weighted by molar-refractivity contribution is 1.11. The van der Waals surface area contributed by atoms with Gasteiger partial charge in [-0.2, -0.15) is 0 Å². The molecular formula is C72H48. The Morgan fingerprint density at radius 3 is 0.903 bits per heavy atom. The van der Waals surface area contributed by atoms with Crippen LogP contribution in [0.1, 0.15) is 49.9 Å². The number of benzene rings is 13. The molecule has 17 rings (SSSR count). The first-order chi connectivity index (χ1) is 35.6. The highest BCUT2D eigenvalue weighted by Gasteiger charge is 2.35. The third-order valence-electron chi connectivity index (χ3n) is 18.1. The lowest BCUT2D eigenvalue weighted by Crippen LogP contribution is -1.96. The molecule has 0 heterocycles. The second kappa shape index (κ2) is 13.8. The third kappa shape index (κ3) is 4.46. The zero-order chi connectivity index (χ0) is 47.4. The molecule has 0 amide bonds. The fourth-order valence-electron chi connectivity index (χ4n) is 15.5. The lowest BCUT2D eigenvalue weighted by atomic mass is 9.85. The van der Waals surface area contributed by atoms with E-state index in [1.807, 2.05) is 0 Å². The molecule has 0 nitrogen and oxygen atoms in total. The van der Waals surface area contributed by atoms with Crippen LogP contribution in [0.25, 0.3) is 174 Å². The normalized spacial score (nSPS) is 12.9. The van der Waals surface area contributed by atoms with Crippen molar-refractivity contribution in [2.45, 2.75) is 53.4 Å². The van der Waals surface area contributed by atoms with Gasteiger partial charge in [0, 0.05) is 0 Å². The molecule has 0 saturated heterocycles. The molecule has 0 heteroatoms. The summed E-state index contributed by atoms with van der Waals surface area (Å²) < 4.78 is 0. The molecule has 0 bridgehead atoms. The number of rotatable bonds is 6. The fraction of sp³-hybridized carbons (Fsp3) is 0.111. The number of aryl methyl sites for hydroxylation is 4. The van der Waals surface area contributed by atoms with Crippen molar-refractivity contribution in [3.8, 4) is 66.8 Å². The molecule has 15 aromatic rings. The highest BCUT2D eigenvalue weighted by molar-refractivity contribution is 6.50. The molecule has 0 radical (unpaired) electrons. The van der Waals surface area contributed by atoms with E-state index >= 15 is 0 Å². The van der Waals surface area contributed by atoms with Gasteiger partial charge in [0.1, 0.15) is 0 Å². The first kappa shape index (κ1) is 39.4. The summed E-state index contributed by atoms with van der Waals surface area (Å²) in [6.07, 6.45) is 4.03. The van der Waals surface area contributed by atoms with Crippen molar-refractivity contribution in [2.75, 3.05) is 0 Å². The molecule has 0 saturated carbocycles. The van der Waals surface area contributed by atoms with Gasteiger partial charge in [0.15, 0.2) is 0 Å². The summed E-state index contributed by atoms with van der Waals surface area (Å²) in [7, 11) is 0. The Balaban J connectivity index is 1.06. The standard InChI is InChI=1S/C72H48/c1-5-37-23-24-38(6-2)58-50-30-26-46-48-28-32-54-67-53(31-27-47(64(48)67)45-25-29-49(57(37)58)65(50)63(45)46)69-59(39-17-11-9-12-18-39)71-55-35-33-51-61-41(7-3)43-21-15-16-22-44(43)42(8-4)62(61)52-34-36-56(68(55)66(51)52)72(71)60(70(54)69)40-19-13-10-14-20-40/h9-36H,5-8H2,1-4H3. The summed E-state index contributed by atoms with van der Waals surface area (Å²) >= 11 is 0. The Kier molecular flexibility index (Phi) is 7.53. The highest BCUT2D eigenvalue weighted by Crippen LogP contribution is 2.62. The molecule has 15 aromatic carbocycles. The van der Waals surface area contributed by atoms with Crippen LogP contribution >= 0.6 is 0 Å². The van der Waals surface area contributed by atoms with Crippen LogP contribution in [0.4, 0.5) is 0 Å². The van der Waals surface area contributed by atoms with Crippen LogP contribution in [0.3, 0.4) is 0 Å². The Morgan fingerprint density at radius 1 is 0.208 bits per heavy atom. The van der Waals surface area contributed by atoms with Gasteiger partial charge in [-0.25, -0.2) is 0 Å². The second-order valence-corrected chi connectivity index (χ2v) is 21.0. The van der Waals surface area contributed by atoms with Gasteiger partial charge in [0.2, 0.25) is 0 Å². The van der Waals surface area contributed by atoms with Gasteiger partial charge in [0.25, 0.3) is 0 Å². The van der Waals surface area contributed by atoms with Crippen LogP contribution in [-0.2, 0) is 25.7 Å². The second-order valence-electron chi connectivity index (χ2n) is 21.0. The zero-order valence-electron chi connectivity index (χ0n) is 41.0. The van der Waals surface area contributed by atoms with Crippen LogP contribution < -0.4 is 0 Å². The minimum Gasteiger partial charge on any atom is -0.0622 e. The molecule has 0 atom stereocenters. The molecule has 0 aliphatic heterocycles. The van der Waals surface area contributed by atoms with E-state index in [0.29, 0.717) is 0 Å². The van der Waals surface area contributed by atoms with Crippen LogP contribution in [-0.4, -0.2) is 0 Å². The van der Waals surface area contributed by atoms with Crippen LogP contribution in [0.5, 0.6) is 0 Å². The first-order valence-corrected chi connectivity index (χ1v) is 26.5. The number of hydrogen-bond acceptors (Lipinski definition) is 0. The molecular weight excluding hydrogens is 865 g/mol. The van der Waals surface area contributed by atoms with E-state index in [9.17, 15) is 0 Å². The minimum absolute atomic E-state index is 0.991. The average molecular weight is 913 g/mol. The van der Waals surface area contributed by atoms with Gasteiger partial charge in [-0.1, -0.05) is 198 Å². The predicted octanol–water partition coefficient (Wildman–Crippen LogP) is 20.4. The lowest BCUT2D eigenvalue weighted by Gasteiger charge is -2.18. The van der Waals surface area contributed by atoms with E-state index in [1.165, 1.54) is 197 Å².